The number of allylic oxidation sites excluding steroid dienone is 1. The molecule has 0 N–H and O–H groups in total. The van der Waals surface area contributed by atoms with Crippen LogP contribution in [0.5, 0.6) is 11.5 Å². The number of carbonyl (C=O) groups is 1. The van der Waals surface area contributed by atoms with Gasteiger partial charge in [0.25, 0.3) is 0 Å². The third-order valence-corrected chi connectivity index (χ3v) is 4.50. The van der Waals surface area contributed by atoms with Crippen LogP contribution in [0.25, 0.3) is 0 Å². The Bertz CT molecular complexity index is 844. The maximum atomic E-state index is 12.4. The Hall–Kier alpha value is -2.99. The maximum Gasteiger partial charge on any atom is 0.376 e. The van der Waals surface area contributed by atoms with Crippen molar-refractivity contribution in [2.75, 3.05) is 20.3 Å². The van der Waals surface area contributed by atoms with E-state index in [1.807, 2.05) is 30.3 Å². The average Bonchev–Trinajstić information content (AvgIpc) is 3.07. The third kappa shape index (κ3) is 6.00. The van der Waals surface area contributed by atoms with Crippen molar-refractivity contribution in [2.45, 2.75) is 32.7 Å². The van der Waals surface area contributed by atoms with Crippen LogP contribution in [0.2, 0.25) is 0 Å². The molecule has 1 aliphatic rings. The molecule has 1 atom stereocenters. The van der Waals surface area contributed by atoms with Gasteiger partial charge < -0.3 is 23.7 Å². The van der Waals surface area contributed by atoms with Gasteiger partial charge in [0.1, 0.15) is 18.1 Å². The zero-order valence-electron chi connectivity index (χ0n) is 17.6. The molecule has 1 unspecified atom stereocenters. The number of carbonyl (C=O) groups excluding carboxylic acids is 1. The van der Waals surface area contributed by atoms with Gasteiger partial charge in [0.05, 0.1) is 13.7 Å². The molecule has 6 heteroatoms. The molecule has 0 radical (unpaired) electrons. The highest BCUT2D eigenvalue weighted by molar-refractivity contribution is 5.88. The Morgan fingerprint density at radius 3 is 2.33 bits per heavy atom. The number of hydrogen-bond acceptors (Lipinski definition) is 6. The van der Waals surface area contributed by atoms with Crippen molar-refractivity contribution in [1.29, 1.82) is 0 Å². The van der Waals surface area contributed by atoms with Gasteiger partial charge in [-0.3, -0.25) is 0 Å². The van der Waals surface area contributed by atoms with Gasteiger partial charge >= 0.3 is 11.8 Å². The highest BCUT2D eigenvalue weighted by Gasteiger charge is 2.47. The molecule has 0 aliphatic carbocycles. The lowest BCUT2D eigenvalue weighted by atomic mass is 10.1. The van der Waals surface area contributed by atoms with Gasteiger partial charge in [0, 0.05) is 0 Å². The second kappa shape index (κ2) is 10.2. The van der Waals surface area contributed by atoms with Crippen molar-refractivity contribution in [2.24, 2.45) is 5.92 Å². The average molecular weight is 412 g/mol. The predicted octanol–water partition coefficient (Wildman–Crippen LogP) is 4.49. The number of hydrogen-bond donors (Lipinski definition) is 0. The van der Waals surface area contributed by atoms with Crippen LogP contribution in [0.15, 0.2) is 66.4 Å². The summed E-state index contributed by atoms with van der Waals surface area (Å²) in [5, 5.41) is 0. The molecule has 160 valence electrons. The van der Waals surface area contributed by atoms with Crippen molar-refractivity contribution in [3.63, 3.8) is 0 Å². The predicted molar refractivity (Wildman–Crippen MR) is 112 cm³/mol. The van der Waals surface area contributed by atoms with E-state index >= 15 is 0 Å². The van der Waals surface area contributed by atoms with Crippen LogP contribution < -0.4 is 9.47 Å². The van der Waals surface area contributed by atoms with Gasteiger partial charge in [0.15, 0.2) is 6.61 Å². The first-order chi connectivity index (χ1) is 14.5. The lowest BCUT2D eigenvalue weighted by Gasteiger charge is -2.26. The first-order valence-electron chi connectivity index (χ1n) is 10.0. The first-order valence-corrected chi connectivity index (χ1v) is 10.0. The fourth-order valence-electron chi connectivity index (χ4n) is 2.87. The second-order valence-corrected chi connectivity index (χ2v) is 7.54. The molecule has 1 fully saturated rings. The normalized spacial score (nSPS) is 19.6. The summed E-state index contributed by atoms with van der Waals surface area (Å²) in [4.78, 5) is 12.4. The smallest absolute Gasteiger partial charge is 0.376 e. The molecule has 0 aromatic heterocycles. The summed E-state index contributed by atoms with van der Waals surface area (Å²) in [5.41, 5.74) is 1.02. The molecule has 0 amide bonds. The molecule has 30 heavy (non-hydrogen) atoms. The molecule has 0 saturated carbocycles. The van der Waals surface area contributed by atoms with Crippen LogP contribution in [-0.2, 0) is 25.6 Å². The summed E-state index contributed by atoms with van der Waals surface area (Å²) < 4.78 is 28.4. The molecule has 2 aromatic rings. The topological polar surface area (TPSA) is 63.2 Å². The van der Waals surface area contributed by atoms with Crippen molar-refractivity contribution < 1.29 is 28.5 Å². The summed E-state index contributed by atoms with van der Waals surface area (Å²) in [5.74, 6) is 0.0915. The van der Waals surface area contributed by atoms with Crippen LogP contribution in [-0.4, -0.2) is 32.1 Å². The van der Waals surface area contributed by atoms with Crippen LogP contribution in [0.3, 0.4) is 0 Å². The third-order valence-electron chi connectivity index (χ3n) is 4.50. The van der Waals surface area contributed by atoms with Gasteiger partial charge in [-0.25, -0.2) is 4.79 Å². The van der Waals surface area contributed by atoms with E-state index in [-0.39, 0.29) is 19.0 Å². The van der Waals surface area contributed by atoms with Crippen LogP contribution >= 0.6 is 0 Å². The SMILES string of the molecule is COc1ccc(OCC2(COCc3ccccc3)OC(=O)/C(=C\CC(C)C)O2)cc1. The van der Waals surface area contributed by atoms with Gasteiger partial charge in [-0.05, 0) is 48.2 Å². The molecule has 2 aromatic carbocycles. The minimum Gasteiger partial charge on any atom is -0.497 e. The van der Waals surface area contributed by atoms with Gasteiger partial charge in [0.2, 0.25) is 5.76 Å². The highest BCUT2D eigenvalue weighted by Crippen LogP contribution is 2.30. The van der Waals surface area contributed by atoms with E-state index in [4.69, 9.17) is 23.7 Å². The first kappa shape index (κ1) is 21.7. The Morgan fingerprint density at radius 2 is 1.67 bits per heavy atom. The van der Waals surface area contributed by atoms with E-state index in [9.17, 15) is 4.79 Å². The van der Waals surface area contributed by atoms with E-state index in [1.165, 1.54) is 0 Å². The molecule has 0 bridgehead atoms. The molecular formula is C24H28O6. The summed E-state index contributed by atoms with van der Waals surface area (Å²) in [7, 11) is 1.60. The molecule has 1 heterocycles. The lowest BCUT2D eigenvalue weighted by Crippen LogP contribution is -2.42. The highest BCUT2D eigenvalue weighted by atomic mass is 16.8. The number of ether oxygens (including phenoxy) is 5. The summed E-state index contributed by atoms with van der Waals surface area (Å²) in [6.07, 6.45) is 2.48. The van der Waals surface area contributed by atoms with Gasteiger partial charge in [-0.1, -0.05) is 44.2 Å². The Morgan fingerprint density at radius 1 is 0.967 bits per heavy atom. The van der Waals surface area contributed by atoms with Crippen molar-refractivity contribution in [1.82, 2.24) is 0 Å². The number of cyclic esters (lactones) is 1. The van der Waals surface area contributed by atoms with Crippen LogP contribution in [0.1, 0.15) is 25.8 Å². The lowest BCUT2D eigenvalue weighted by molar-refractivity contribution is -0.207. The van der Waals surface area contributed by atoms with E-state index in [0.29, 0.717) is 24.7 Å². The Labute approximate surface area is 177 Å². The van der Waals surface area contributed by atoms with Crippen molar-refractivity contribution in [3.05, 3.63) is 72.0 Å². The van der Waals surface area contributed by atoms with E-state index in [1.54, 1.807) is 37.5 Å². The van der Waals surface area contributed by atoms with E-state index in [2.05, 4.69) is 13.8 Å². The van der Waals surface area contributed by atoms with E-state index in [0.717, 1.165) is 11.3 Å². The molecule has 1 aliphatic heterocycles. The van der Waals surface area contributed by atoms with Gasteiger partial charge in [-0.15, -0.1) is 0 Å². The molecule has 0 spiro atoms. The number of esters is 1. The Kier molecular flexibility index (Phi) is 7.36. The number of rotatable bonds is 10. The zero-order valence-corrected chi connectivity index (χ0v) is 17.6. The van der Waals surface area contributed by atoms with Crippen LogP contribution in [0, 0.1) is 5.92 Å². The number of benzene rings is 2. The molecule has 1 saturated heterocycles. The van der Waals surface area contributed by atoms with Gasteiger partial charge in [-0.2, -0.15) is 0 Å². The summed E-state index contributed by atoms with van der Waals surface area (Å²) in [6.45, 7) is 4.56. The molecule has 3 rings (SSSR count). The van der Waals surface area contributed by atoms with Crippen molar-refractivity contribution in [3.8, 4) is 11.5 Å². The van der Waals surface area contributed by atoms with Crippen molar-refractivity contribution >= 4 is 5.97 Å². The van der Waals surface area contributed by atoms with Crippen LogP contribution in [0.4, 0.5) is 0 Å². The minimum atomic E-state index is -1.34. The monoisotopic (exact) mass is 412 g/mol. The fraction of sp³-hybridized carbons (Fsp3) is 0.375. The quantitative estimate of drug-likeness (QED) is 0.423. The minimum absolute atomic E-state index is 0.00111. The summed E-state index contributed by atoms with van der Waals surface area (Å²) in [6, 6.07) is 16.9. The molecule has 6 nitrogen and oxygen atoms in total. The standard InChI is InChI=1S/C24H28O6/c1-18(2)9-14-22-23(25)30-24(29-22,16-27-15-19-7-5-4-6-8-19)17-28-21-12-10-20(26-3)11-13-21/h4-8,10-14,18H,9,15-17H2,1-3H3/b22-14+. The van der Waals surface area contributed by atoms with E-state index < -0.39 is 11.8 Å². The summed E-state index contributed by atoms with van der Waals surface area (Å²) >= 11 is 0. The zero-order chi connectivity index (χ0) is 21.4. The Balaban J connectivity index is 1.68. The maximum absolute atomic E-state index is 12.4. The largest absolute Gasteiger partial charge is 0.497 e. The fourth-order valence-corrected chi connectivity index (χ4v) is 2.87. The molecular weight excluding hydrogens is 384 g/mol. The second-order valence-electron chi connectivity index (χ2n) is 7.54. The number of methoxy groups -OCH3 is 1.